The standard InChI is InChI=1S/C11H13N3O3/c1-2-13-5-6-17-11-4-3-9(8-12)7-10(11)14(15)16/h3-4,7,13H,2,5-6H2,1H3. The van der Waals surface area contributed by atoms with E-state index >= 15 is 0 Å². The molecule has 6 nitrogen and oxygen atoms in total. The van der Waals surface area contributed by atoms with Gasteiger partial charge in [0.25, 0.3) is 0 Å². The lowest BCUT2D eigenvalue weighted by molar-refractivity contribution is -0.385. The van der Waals surface area contributed by atoms with Crippen molar-refractivity contribution in [2.45, 2.75) is 6.92 Å². The van der Waals surface area contributed by atoms with Gasteiger partial charge in [-0.3, -0.25) is 10.1 Å². The number of nitro groups is 1. The van der Waals surface area contributed by atoms with E-state index in [2.05, 4.69) is 5.32 Å². The smallest absolute Gasteiger partial charge is 0.312 e. The van der Waals surface area contributed by atoms with Gasteiger partial charge in [-0.05, 0) is 18.7 Å². The predicted octanol–water partition coefficient (Wildman–Crippen LogP) is 1.45. The van der Waals surface area contributed by atoms with Crippen LogP contribution in [0.25, 0.3) is 0 Å². The Bertz CT molecular complexity index is 440. The van der Waals surface area contributed by atoms with E-state index in [1.165, 1.54) is 18.2 Å². The summed E-state index contributed by atoms with van der Waals surface area (Å²) in [5.74, 6) is 0.187. The van der Waals surface area contributed by atoms with E-state index < -0.39 is 4.92 Å². The molecule has 6 heteroatoms. The first-order chi connectivity index (χ1) is 8.19. The fraction of sp³-hybridized carbons (Fsp3) is 0.364. The van der Waals surface area contributed by atoms with Gasteiger partial charge in [0.05, 0.1) is 16.6 Å². The third kappa shape index (κ3) is 3.74. The number of rotatable bonds is 6. The van der Waals surface area contributed by atoms with Crippen molar-refractivity contribution in [3.8, 4) is 11.8 Å². The van der Waals surface area contributed by atoms with Crippen molar-refractivity contribution in [1.82, 2.24) is 5.32 Å². The minimum Gasteiger partial charge on any atom is -0.485 e. The van der Waals surface area contributed by atoms with Crippen LogP contribution in [-0.2, 0) is 0 Å². The second-order valence-electron chi connectivity index (χ2n) is 3.25. The molecule has 0 aliphatic carbocycles. The van der Waals surface area contributed by atoms with Crippen molar-refractivity contribution in [2.75, 3.05) is 19.7 Å². The summed E-state index contributed by atoms with van der Waals surface area (Å²) in [7, 11) is 0. The van der Waals surface area contributed by atoms with Crippen molar-refractivity contribution >= 4 is 5.69 Å². The maximum atomic E-state index is 10.8. The Morgan fingerprint density at radius 1 is 1.59 bits per heavy atom. The van der Waals surface area contributed by atoms with Crippen molar-refractivity contribution in [1.29, 1.82) is 5.26 Å². The molecule has 1 aromatic carbocycles. The van der Waals surface area contributed by atoms with E-state index in [0.717, 1.165) is 6.54 Å². The molecule has 0 spiro atoms. The van der Waals surface area contributed by atoms with E-state index in [0.29, 0.717) is 13.2 Å². The summed E-state index contributed by atoms with van der Waals surface area (Å²) in [5.41, 5.74) is 0.0660. The first-order valence-corrected chi connectivity index (χ1v) is 5.21. The Morgan fingerprint density at radius 3 is 2.94 bits per heavy atom. The average molecular weight is 235 g/mol. The molecule has 0 amide bonds. The first-order valence-electron chi connectivity index (χ1n) is 5.21. The second kappa shape index (κ2) is 6.45. The first kappa shape index (κ1) is 12.9. The summed E-state index contributed by atoms with van der Waals surface area (Å²) in [4.78, 5) is 10.2. The summed E-state index contributed by atoms with van der Waals surface area (Å²) in [6.45, 7) is 3.75. The van der Waals surface area contributed by atoms with Crippen LogP contribution in [0, 0.1) is 21.4 Å². The fourth-order valence-electron chi connectivity index (χ4n) is 1.26. The lowest BCUT2D eigenvalue weighted by Gasteiger charge is -2.06. The van der Waals surface area contributed by atoms with E-state index in [4.69, 9.17) is 10.00 Å². The van der Waals surface area contributed by atoms with Gasteiger partial charge in [0, 0.05) is 12.6 Å². The van der Waals surface area contributed by atoms with Crippen LogP contribution in [0.1, 0.15) is 12.5 Å². The highest BCUT2D eigenvalue weighted by molar-refractivity contribution is 5.51. The summed E-state index contributed by atoms with van der Waals surface area (Å²) in [6, 6.07) is 6.01. The minimum atomic E-state index is -0.552. The van der Waals surface area contributed by atoms with Crippen molar-refractivity contribution < 1.29 is 9.66 Å². The van der Waals surface area contributed by atoms with Gasteiger partial charge >= 0.3 is 5.69 Å². The third-order valence-electron chi connectivity index (χ3n) is 2.07. The number of nitrogens with one attached hydrogen (secondary N) is 1. The van der Waals surface area contributed by atoms with Gasteiger partial charge in [0.1, 0.15) is 6.61 Å². The third-order valence-corrected chi connectivity index (χ3v) is 2.07. The van der Waals surface area contributed by atoms with Crippen LogP contribution < -0.4 is 10.1 Å². The van der Waals surface area contributed by atoms with E-state index in [1.807, 2.05) is 13.0 Å². The topological polar surface area (TPSA) is 88.2 Å². The van der Waals surface area contributed by atoms with Crippen LogP contribution in [0.2, 0.25) is 0 Å². The average Bonchev–Trinajstić information content (AvgIpc) is 2.34. The Morgan fingerprint density at radius 2 is 2.35 bits per heavy atom. The van der Waals surface area contributed by atoms with Gasteiger partial charge in [-0.2, -0.15) is 5.26 Å². The van der Waals surface area contributed by atoms with Gasteiger partial charge in [0.2, 0.25) is 0 Å². The van der Waals surface area contributed by atoms with E-state index in [9.17, 15) is 10.1 Å². The molecule has 0 unspecified atom stereocenters. The molecule has 0 aromatic heterocycles. The molecule has 90 valence electrons. The number of nitro benzene ring substituents is 1. The molecule has 1 N–H and O–H groups in total. The lowest BCUT2D eigenvalue weighted by atomic mass is 10.2. The highest BCUT2D eigenvalue weighted by Gasteiger charge is 2.15. The normalized spacial score (nSPS) is 9.65. The molecule has 0 fully saturated rings. The highest BCUT2D eigenvalue weighted by atomic mass is 16.6. The Balaban J connectivity index is 2.77. The molecular weight excluding hydrogens is 222 g/mol. The van der Waals surface area contributed by atoms with Crippen LogP contribution in [0.3, 0.4) is 0 Å². The summed E-state index contributed by atoms with van der Waals surface area (Å²) in [6.07, 6.45) is 0. The number of ether oxygens (including phenoxy) is 1. The molecule has 1 rings (SSSR count). The van der Waals surface area contributed by atoms with Crippen LogP contribution in [0.4, 0.5) is 5.69 Å². The Kier molecular flexibility index (Phi) is 4.91. The molecule has 0 radical (unpaired) electrons. The zero-order valence-electron chi connectivity index (χ0n) is 9.47. The molecule has 0 saturated heterocycles. The van der Waals surface area contributed by atoms with E-state index in [1.54, 1.807) is 0 Å². The van der Waals surface area contributed by atoms with Gasteiger partial charge in [-0.1, -0.05) is 6.92 Å². The Hall–Kier alpha value is -2.13. The molecule has 1 aromatic rings. The van der Waals surface area contributed by atoms with Gasteiger partial charge in [-0.15, -0.1) is 0 Å². The van der Waals surface area contributed by atoms with Gasteiger partial charge in [0.15, 0.2) is 5.75 Å². The van der Waals surface area contributed by atoms with Gasteiger partial charge in [-0.25, -0.2) is 0 Å². The summed E-state index contributed by atoms with van der Waals surface area (Å²) in [5, 5.41) is 22.5. The summed E-state index contributed by atoms with van der Waals surface area (Å²) < 4.78 is 5.29. The fourth-order valence-corrected chi connectivity index (χ4v) is 1.26. The van der Waals surface area contributed by atoms with E-state index in [-0.39, 0.29) is 17.0 Å². The molecule has 0 heterocycles. The highest BCUT2D eigenvalue weighted by Crippen LogP contribution is 2.27. The minimum absolute atomic E-state index is 0.180. The summed E-state index contributed by atoms with van der Waals surface area (Å²) >= 11 is 0. The predicted molar refractivity (Wildman–Crippen MR) is 61.9 cm³/mol. The second-order valence-corrected chi connectivity index (χ2v) is 3.25. The zero-order chi connectivity index (χ0) is 12.7. The number of nitrogens with zero attached hydrogens (tertiary/aromatic N) is 2. The van der Waals surface area contributed by atoms with Crippen molar-refractivity contribution in [3.63, 3.8) is 0 Å². The quantitative estimate of drug-likeness (QED) is 0.458. The SMILES string of the molecule is CCNCCOc1ccc(C#N)cc1[N+](=O)[O-]. The van der Waals surface area contributed by atoms with Gasteiger partial charge < -0.3 is 10.1 Å². The molecule has 0 atom stereocenters. The molecule has 0 aliphatic heterocycles. The van der Waals surface area contributed by atoms with Crippen molar-refractivity contribution in [3.05, 3.63) is 33.9 Å². The number of hydrogen-bond acceptors (Lipinski definition) is 5. The maximum absolute atomic E-state index is 10.8. The number of hydrogen-bond donors (Lipinski definition) is 1. The van der Waals surface area contributed by atoms with Crippen LogP contribution >= 0.6 is 0 Å². The molecule has 17 heavy (non-hydrogen) atoms. The van der Waals surface area contributed by atoms with Crippen LogP contribution in [0.15, 0.2) is 18.2 Å². The number of nitriles is 1. The van der Waals surface area contributed by atoms with Crippen LogP contribution in [-0.4, -0.2) is 24.6 Å². The number of benzene rings is 1. The maximum Gasteiger partial charge on any atom is 0.312 e. The Labute approximate surface area is 99.0 Å². The molecule has 0 aliphatic rings. The largest absolute Gasteiger partial charge is 0.485 e. The molecular formula is C11H13N3O3. The van der Waals surface area contributed by atoms with Crippen molar-refractivity contribution in [2.24, 2.45) is 0 Å². The zero-order valence-corrected chi connectivity index (χ0v) is 9.47. The van der Waals surface area contributed by atoms with Crippen LogP contribution in [0.5, 0.6) is 5.75 Å². The number of likely N-dealkylation sites (N-methyl/N-ethyl adjacent to an activating group) is 1. The molecule has 0 bridgehead atoms. The monoisotopic (exact) mass is 235 g/mol. The lowest BCUT2D eigenvalue weighted by Crippen LogP contribution is -2.20. The molecule has 0 saturated carbocycles.